The Morgan fingerprint density at radius 1 is 1.46 bits per heavy atom. The summed E-state index contributed by atoms with van der Waals surface area (Å²) in [5.41, 5.74) is 7.81. The van der Waals surface area contributed by atoms with E-state index in [1.54, 1.807) is 0 Å². The first-order valence-electron chi connectivity index (χ1n) is 4.77. The minimum absolute atomic E-state index is 0.539. The fourth-order valence-corrected chi connectivity index (χ4v) is 1.44. The van der Waals surface area contributed by atoms with Gasteiger partial charge in [0.05, 0.1) is 5.69 Å². The predicted octanol–water partition coefficient (Wildman–Crippen LogP) is 1.39. The molecule has 3 nitrogen and oxygen atoms in total. The molecule has 0 aromatic carbocycles. The third-order valence-electron chi connectivity index (χ3n) is 2.36. The second kappa shape index (κ2) is 3.92. The van der Waals surface area contributed by atoms with Gasteiger partial charge in [-0.15, -0.1) is 0 Å². The number of rotatable bonds is 3. The summed E-state index contributed by atoms with van der Waals surface area (Å²) in [4.78, 5) is 4.51. The van der Waals surface area contributed by atoms with Crippen LogP contribution in [0.2, 0.25) is 0 Å². The highest BCUT2D eigenvalue weighted by atomic mass is 15.1. The summed E-state index contributed by atoms with van der Waals surface area (Å²) >= 11 is 0. The summed E-state index contributed by atoms with van der Waals surface area (Å²) in [6.07, 6.45) is 1.03. The van der Waals surface area contributed by atoms with Gasteiger partial charge in [-0.25, -0.2) is 4.98 Å². The molecule has 0 unspecified atom stereocenters. The maximum Gasteiger partial charge on any atom is 0.109 e. The summed E-state index contributed by atoms with van der Waals surface area (Å²) < 4.78 is 2.14. The first-order valence-corrected chi connectivity index (χ1v) is 4.77. The number of nitrogens with two attached hydrogens (primary N) is 1. The largest absolute Gasteiger partial charge is 0.335 e. The molecule has 13 heavy (non-hydrogen) atoms. The van der Waals surface area contributed by atoms with Gasteiger partial charge in [-0.1, -0.05) is 13.8 Å². The number of aromatic nitrogens is 2. The topological polar surface area (TPSA) is 43.8 Å². The lowest BCUT2D eigenvalue weighted by Crippen LogP contribution is -2.03. The predicted molar refractivity (Wildman–Crippen MR) is 54.4 cm³/mol. The van der Waals surface area contributed by atoms with Crippen LogP contribution in [-0.4, -0.2) is 9.55 Å². The van der Waals surface area contributed by atoms with Crippen molar-refractivity contribution in [1.82, 2.24) is 9.55 Å². The normalized spacial score (nSPS) is 11.2. The van der Waals surface area contributed by atoms with Crippen molar-refractivity contribution in [2.24, 2.45) is 18.7 Å². The first-order chi connectivity index (χ1) is 6.06. The van der Waals surface area contributed by atoms with Gasteiger partial charge < -0.3 is 10.3 Å². The van der Waals surface area contributed by atoms with Crippen LogP contribution in [0, 0.1) is 12.8 Å². The Morgan fingerprint density at radius 2 is 2.08 bits per heavy atom. The number of hydrogen-bond donors (Lipinski definition) is 1. The zero-order valence-electron chi connectivity index (χ0n) is 8.96. The van der Waals surface area contributed by atoms with Crippen LogP contribution in [-0.2, 0) is 20.0 Å². The van der Waals surface area contributed by atoms with Crippen molar-refractivity contribution in [1.29, 1.82) is 0 Å². The third kappa shape index (κ3) is 2.10. The lowest BCUT2D eigenvalue weighted by molar-refractivity contribution is 0.599. The minimum atomic E-state index is 0.539. The Labute approximate surface area is 80.0 Å². The van der Waals surface area contributed by atoms with E-state index in [0.717, 1.165) is 17.9 Å². The highest BCUT2D eigenvalue weighted by Crippen LogP contribution is 2.12. The van der Waals surface area contributed by atoms with Crippen LogP contribution in [0.4, 0.5) is 0 Å². The molecule has 74 valence electrons. The van der Waals surface area contributed by atoms with Crippen LogP contribution in [0.25, 0.3) is 0 Å². The SMILES string of the molecule is Cc1c(CN)nc(CC(C)C)n1C. The van der Waals surface area contributed by atoms with Crippen molar-refractivity contribution in [3.05, 3.63) is 17.2 Å². The quantitative estimate of drug-likeness (QED) is 0.765. The van der Waals surface area contributed by atoms with Crippen LogP contribution >= 0.6 is 0 Å². The average molecular weight is 181 g/mol. The van der Waals surface area contributed by atoms with E-state index in [2.05, 4.69) is 37.4 Å². The van der Waals surface area contributed by atoms with Crippen molar-refractivity contribution in [3.8, 4) is 0 Å². The van der Waals surface area contributed by atoms with Crippen molar-refractivity contribution in [2.45, 2.75) is 33.7 Å². The Morgan fingerprint density at radius 3 is 2.46 bits per heavy atom. The molecule has 0 aliphatic carbocycles. The second-order valence-corrected chi connectivity index (χ2v) is 3.92. The summed E-state index contributed by atoms with van der Waals surface area (Å²) in [5.74, 6) is 1.79. The molecule has 0 saturated heterocycles. The van der Waals surface area contributed by atoms with Gasteiger partial charge in [-0.05, 0) is 12.8 Å². The smallest absolute Gasteiger partial charge is 0.109 e. The molecule has 3 heteroatoms. The van der Waals surface area contributed by atoms with Gasteiger partial charge in [-0.3, -0.25) is 0 Å². The van der Waals surface area contributed by atoms with Gasteiger partial charge in [0.15, 0.2) is 0 Å². The zero-order valence-corrected chi connectivity index (χ0v) is 8.96. The lowest BCUT2D eigenvalue weighted by atomic mass is 10.1. The van der Waals surface area contributed by atoms with E-state index >= 15 is 0 Å². The molecule has 1 aromatic heterocycles. The molecule has 0 radical (unpaired) electrons. The fourth-order valence-electron chi connectivity index (χ4n) is 1.44. The van der Waals surface area contributed by atoms with E-state index < -0.39 is 0 Å². The van der Waals surface area contributed by atoms with Gasteiger partial charge in [0.2, 0.25) is 0 Å². The van der Waals surface area contributed by atoms with E-state index in [-0.39, 0.29) is 0 Å². The highest BCUT2D eigenvalue weighted by Gasteiger charge is 2.10. The molecule has 0 aliphatic rings. The monoisotopic (exact) mass is 181 g/mol. The fraction of sp³-hybridized carbons (Fsp3) is 0.700. The Balaban J connectivity index is 2.95. The molecule has 0 bridgehead atoms. The van der Waals surface area contributed by atoms with Crippen molar-refractivity contribution >= 4 is 0 Å². The Kier molecular flexibility index (Phi) is 3.09. The third-order valence-corrected chi connectivity index (χ3v) is 2.36. The summed E-state index contributed by atoms with van der Waals surface area (Å²) in [6.45, 7) is 7.01. The molecule has 0 atom stereocenters. The van der Waals surface area contributed by atoms with Gasteiger partial charge in [0, 0.05) is 25.7 Å². The van der Waals surface area contributed by atoms with Crippen LogP contribution in [0.5, 0.6) is 0 Å². The number of hydrogen-bond acceptors (Lipinski definition) is 2. The van der Waals surface area contributed by atoms with E-state index in [4.69, 9.17) is 5.73 Å². The molecule has 0 spiro atoms. The summed E-state index contributed by atoms with van der Waals surface area (Å²) in [7, 11) is 2.05. The van der Waals surface area contributed by atoms with Gasteiger partial charge in [-0.2, -0.15) is 0 Å². The van der Waals surface area contributed by atoms with Crippen LogP contribution in [0.15, 0.2) is 0 Å². The maximum absolute atomic E-state index is 5.59. The molecule has 0 amide bonds. The second-order valence-electron chi connectivity index (χ2n) is 3.92. The molecule has 1 rings (SSSR count). The Bertz CT molecular complexity index is 287. The van der Waals surface area contributed by atoms with Crippen LogP contribution < -0.4 is 5.73 Å². The molecule has 1 aromatic rings. The van der Waals surface area contributed by atoms with Crippen LogP contribution in [0.1, 0.15) is 31.1 Å². The molecular formula is C10H19N3. The maximum atomic E-state index is 5.59. The van der Waals surface area contributed by atoms with Gasteiger partial charge in [0.1, 0.15) is 5.82 Å². The van der Waals surface area contributed by atoms with Gasteiger partial charge in [0.25, 0.3) is 0 Å². The molecule has 1 heterocycles. The molecule has 0 fully saturated rings. The van der Waals surface area contributed by atoms with E-state index in [0.29, 0.717) is 12.5 Å². The van der Waals surface area contributed by atoms with E-state index in [9.17, 15) is 0 Å². The lowest BCUT2D eigenvalue weighted by Gasteiger charge is -2.04. The molecule has 0 aliphatic heterocycles. The number of nitrogens with zero attached hydrogens (tertiary/aromatic N) is 2. The molecular weight excluding hydrogens is 162 g/mol. The number of imidazole rings is 1. The highest BCUT2D eigenvalue weighted by molar-refractivity contribution is 5.15. The standard InChI is InChI=1S/C10H19N3/c1-7(2)5-10-12-9(6-11)8(3)13(10)4/h7H,5-6,11H2,1-4H3. The zero-order chi connectivity index (χ0) is 10.0. The Hall–Kier alpha value is -0.830. The molecule has 2 N–H and O–H groups in total. The molecule has 0 saturated carbocycles. The summed E-state index contributed by atoms with van der Waals surface area (Å²) in [5, 5.41) is 0. The summed E-state index contributed by atoms with van der Waals surface area (Å²) in [6, 6.07) is 0. The van der Waals surface area contributed by atoms with E-state index in [1.165, 1.54) is 5.69 Å². The van der Waals surface area contributed by atoms with Crippen molar-refractivity contribution in [3.63, 3.8) is 0 Å². The first kappa shape index (κ1) is 10.3. The van der Waals surface area contributed by atoms with E-state index in [1.807, 2.05) is 0 Å². The average Bonchev–Trinajstić information content (AvgIpc) is 2.32. The van der Waals surface area contributed by atoms with Crippen molar-refractivity contribution in [2.75, 3.05) is 0 Å². The van der Waals surface area contributed by atoms with Crippen LogP contribution in [0.3, 0.4) is 0 Å². The van der Waals surface area contributed by atoms with Gasteiger partial charge >= 0.3 is 0 Å². The van der Waals surface area contributed by atoms with Crippen molar-refractivity contribution < 1.29 is 0 Å². The minimum Gasteiger partial charge on any atom is -0.335 e.